The van der Waals surface area contributed by atoms with Gasteiger partial charge in [-0.1, -0.05) is 41.9 Å². The molecule has 0 unspecified atom stereocenters. The SMILES string of the molecule is Cc1ccccc1C(=O)NCCNC(=O)CCc1ccc(Cl)cc1. The Morgan fingerprint density at radius 2 is 1.62 bits per heavy atom. The van der Waals surface area contributed by atoms with E-state index in [0.29, 0.717) is 36.5 Å². The van der Waals surface area contributed by atoms with E-state index >= 15 is 0 Å². The molecule has 5 heteroatoms. The molecule has 2 aromatic rings. The lowest BCUT2D eigenvalue weighted by Crippen LogP contribution is -2.35. The van der Waals surface area contributed by atoms with Crippen LogP contribution < -0.4 is 10.6 Å². The van der Waals surface area contributed by atoms with Gasteiger partial charge in [0, 0.05) is 30.1 Å². The molecule has 0 aliphatic rings. The first-order chi connectivity index (χ1) is 11.6. The highest BCUT2D eigenvalue weighted by Crippen LogP contribution is 2.10. The molecule has 0 saturated carbocycles. The number of carbonyl (C=O) groups is 2. The first-order valence-electron chi connectivity index (χ1n) is 7.91. The third-order valence-corrected chi connectivity index (χ3v) is 3.93. The molecule has 0 spiro atoms. The minimum atomic E-state index is -0.122. The molecule has 0 heterocycles. The summed E-state index contributed by atoms with van der Waals surface area (Å²) in [7, 11) is 0. The lowest BCUT2D eigenvalue weighted by molar-refractivity contribution is -0.121. The van der Waals surface area contributed by atoms with Gasteiger partial charge in [-0.15, -0.1) is 0 Å². The molecule has 0 fully saturated rings. The average molecular weight is 345 g/mol. The van der Waals surface area contributed by atoms with Crippen molar-refractivity contribution in [2.24, 2.45) is 0 Å². The number of carbonyl (C=O) groups excluding carboxylic acids is 2. The molecule has 0 atom stereocenters. The summed E-state index contributed by atoms with van der Waals surface area (Å²) in [6.45, 7) is 2.71. The standard InChI is InChI=1S/C19H21ClN2O2/c1-14-4-2-3-5-17(14)19(24)22-13-12-21-18(23)11-8-15-6-9-16(20)10-7-15/h2-7,9-10H,8,11-13H2,1H3,(H,21,23)(H,22,24). The molecule has 4 nitrogen and oxygen atoms in total. The summed E-state index contributed by atoms with van der Waals surface area (Å²) < 4.78 is 0. The number of amides is 2. The number of benzene rings is 2. The molecule has 2 amide bonds. The molecule has 2 N–H and O–H groups in total. The number of hydrogen-bond acceptors (Lipinski definition) is 2. The Morgan fingerprint density at radius 3 is 2.33 bits per heavy atom. The molecule has 0 aliphatic carbocycles. The van der Waals surface area contributed by atoms with E-state index < -0.39 is 0 Å². The van der Waals surface area contributed by atoms with E-state index in [4.69, 9.17) is 11.6 Å². The zero-order chi connectivity index (χ0) is 17.4. The minimum Gasteiger partial charge on any atom is -0.354 e. The fraction of sp³-hybridized carbons (Fsp3) is 0.263. The van der Waals surface area contributed by atoms with Gasteiger partial charge in [0.1, 0.15) is 0 Å². The second-order valence-electron chi connectivity index (χ2n) is 5.55. The Labute approximate surface area is 147 Å². The number of aryl methyl sites for hydroxylation is 2. The minimum absolute atomic E-state index is 0.0323. The van der Waals surface area contributed by atoms with Crippen LogP contribution in [-0.4, -0.2) is 24.9 Å². The second-order valence-corrected chi connectivity index (χ2v) is 5.98. The Morgan fingerprint density at radius 1 is 0.958 bits per heavy atom. The van der Waals surface area contributed by atoms with Crippen LogP contribution in [0.4, 0.5) is 0 Å². The number of hydrogen-bond donors (Lipinski definition) is 2. The largest absolute Gasteiger partial charge is 0.354 e. The zero-order valence-electron chi connectivity index (χ0n) is 13.6. The number of rotatable bonds is 7. The fourth-order valence-electron chi connectivity index (χ4n) is 2.30. The molecule has 24 heavy (non-hydrogen) atoms. The van der Waals surface area contributed by atoms with E-state index in [0.717, 1.165) is 11.1 Å². The van der Waals surface area contributed by atoms with Crippen LogP contribution in [0.1, 0.15) is 27.9 Å². The van der Waals surface area contributed by atoms with Crippen molar-refractivity contribution in [1.29, 1.82) is 0 Å². The van der Waals surface area contributed by atoms with E-state index in [1.165, 1.54) is 0 Å². The van der Waals surface area contributed by atoms with Gasteiger partial charge in [-0.05, 0) is 42.7 Å². The van der Waals surface area contributed by atoms with Gasteiger partial charge >= 0.3 is 0 Å². The van der Waals surface area contributed by atoms with E-state index in [9.17, 15) is 9.59 Å². The van der Waals surface area contributed by atoms with Crippen LogP contribution in [0.25, 0.3) is 0 Å². The van der Waals surface area contributed by atoms with Crippen molar-refractivity contribution in [3.8, 4) is 0 Å². The molecular formula is C19H21ClN2O2. The van der Waals surface area contributed by atoms with Gasteiger partial charge in [0.15, 0.2) is 0 Å². The first-order valence-corrected chi connectivity index (χ1v) is 8.29. The fourth-order valence-corrected chi connectivity index (χ4v) is 2.42. The van der Waals surface area contributed by atoms with Crippen LogP contribution in [0.3, 0.4) is 0 Å². The Kier molecular flexibility index (Phi) is 6.82. The van der Waals surface area contributed by atoms with Gasteiger partial charge in [-0.2, -0.15) is 0 Å². The van der Waals surface area contributed by atoms with Crippen molar-refractivity contribution in [1.82, 2.24) is 10.6 Å². The van der Waals surface area contributed by atoms with E-state index in [1.807, 2.05) is 49.4 Å². The van der Waals surface area contributed by atoms with Crippen LogP contribution in [0.5, 0.6) is 0 Å². The highest BCUT2D eigenvalue weighted by atomic mass is 35.5. The van der Waals surface area contributed by atoms with Crippen LogP contribution in [-0.2, 0) is 11.2 Å². The van der Waals surface area contributed by atoms with Crippen LogP contribution in [0, 0.1) is 6.92 Å². The normalized spacial score (nSPS) is 10.2. The maximum Gasteiger partial charge on any atom is 0.251 e. The van der Waals surface area contributed by atoms with E-state index in [1.54, 1.807) is 6.07 Å². The lowest BCUT2D eigenvalue weighted by atomic mass is 10.1. The monoisotopic (exact) mass is 344 g/mol. The summed E-state index contributed by atoms with van der Waals surface area (Å²) in [6.07, 6.45) is 1.08. The Hall–Kier alpha value is -2.33. The summed E-state index contributed by atoms with van der Waals surface area (Å²) in [4.78, 5) is 23.8. The number of halogens is 1. The molecule has 2 aromatic carbocycles. The van der Waals surface area contributed by atoms with Gasteiger partial charge in [-0.3, -0.25) is 9.59 Å². The molecule has 0 aromatic heterocycles. The summed E-state index contributed by atoms with van der Waals surface area (Å²) in [5, 5.41) is 6.30. The van der Waals surface area contributed by atoms with Crippen LogP contribution in [0.15, 0.2) is 48.5 Å². The molecule has 0 bridgehead atoms. The first kappa shape index (κ1) is 18.0. The predicted molar refractivity (Wildman–Crippen MR) is 96.3 cm³/mol. The van der Waals surface area contributed by atoms with Gasteiger partial charge in [-0.25, -0.2) is 0 Å². The maximum absolute atomic E-state index is 12.0. The van der Waals surface area contributed by atoms with Crippen molar-refractivity contribution in [2.45, 2.75) is 19.8 Å². The third-order valence-electron chi connectivity index (χ3n) is 3.68. The van der Waals surface area contributed by atoms with Crippen molar-refractivity contribution in [3.05, 3.63) is 70.2 Å². The second kappa shape index (κ2) is 9.08. The predicted octanol–water partition coefficient (Wildman–Crippen LogP) is 3.13. The summed E-state index contributed by atoms with van der Waals surface area (Å²) in [5.41, 5.74) is 2.66. The van der Waals surface area contributed by atoms with Gasteiger partial charge < -0.3 is 10.6 Å². The molecule has 0 saturated heterocycles. The summed E-state index contributed by atoms with van der Waals surface area (Å²) in [6, 6.07) is 14.9. The average Bonchev–Trinajstić information content (AvgIpc) is 2.58. The molecular weight excluding hydrogens is 324 g/mol. The zero-order valence-corrected chi connectivity index (χ0v) is 14.4. The van der Waals surface area contributed by atoms with E-state index in [2.05, 4.69) is 10.6 Å². The number of nitrogens with one attached hydrogen (secondary N) is 2. The topological polar surface area (TPSA) is 58.2 Å². The van der Waals surface area contributed by atoms with Gasteiger partial charge in [0.25, 0.3) is 5.91 Å². The molecule has 126 valence electrons. The maximum atomic E-state index is 12.0. The Balaban J connectivity index is 1.65. The molecule has 0 radical (unpaired) electrons. The smallest absolute Gasteiger partial charge is 0.251 e. The lowest BCUT2D eigenvalue weighted by Gasteiger charge is -2.09. The quantitative estimate of drug-likeness (QED) is 0.758. The summed E-state index contributed by atoms with van der Waals surface area (Å²) >= 11 is 5.82. The van der Waals surface area contributed by atoms with Crippen molar-refractivity contribution in [2.75, 3.05) is 13.1 Å². The third kappa shape index (κ3) is 5.70. The highest BCUT2D eigenvalue weighted by Gasteiger charge is 2.07. The molecule has 2 rings (SSSR count). The van der Waals surface area contributed by atoms with Crippen LogP contribution >= 0.6 is 11.6 Å². The van der Waals surface area contributed by atoms with Gasteiger partial charge in [0.05, 0.1) is 0 Å². The Bertz CT molecular complexity index is 699. The highest BCUT2D eigenvalue weighted by molar-refractivity contribution is 6.30. The van der Waals surface area contributed by atoms with Crippen molar-refractivity contribution in [3.63, 3.8) is 0 Å². The molecule has 0 aliphatic heterocycles. The van der Waals surface area contributed by atoms with Gasteiger partial charge in [0.2, 0.25) is 5.91 Å². The van der Waals surface area contributed by atoms with Crippen LogP contribution in [0.2, 0.25) is 5.02 Å². The summed E-state index contributed by atoms with van der Waals surface area (Å²) in [5.74, 6) is -0.154. The van der Waals surface area contributed by atoms with Crippen molar-refractivity contribution < 1.29 is 9.59 Å². The van der Waals surface area contributed by atoms with Crippen molar-refractivity contribution >= 4 is 23.4 Å². The van der Waals surface area contributed by atoms with E-state index in [-0.39, 0.29) is 11.8 Å².